The fraction of sp³-hybridized carbons (Fsp3) is 0.438. The van der Waals surface area contributed by atoms with E-state index >= 15 is 0 Å². The van der Waals surface area contributed by atoms with Gasteiger partial charge in [0.1, 0.15) is 5.75 Å². The zero-order valence-corrected chi connectivity index (χ0v) is 11.8. The molecule has 0 radical (unpaired) electrons. The van der Waals surface area contributed by atoms with Crippen LogP contribution in [-0.2, 0) is 11.2 Å². The molecule has 1 aliphatic rings. The van der Waals surface area contributed by atoms with E-state index in [2.05, 4.69) is 18.3 Å². The predicted octanol–water partition coefficient (Wildman–Crippen LogP) is 2.94. The molecule has 0 atom stereocenters. The Hall–Kier alpha value is -1.77. The third kappa shape index (κ3) is 3.60. The van der Waals surface area contributed by atoms with E-state index in [4.69, 9.17) is 4.74 Å². The first-order valence-electron chi connectivity index (χ1n) is 6.76. The van der Waals surface area contributed by atoms with Crippen LogP contribution >= 0.6 is 0 Å². The van der Waals surface area contributed by atoms with Crippen LogP contribution in [0.4, 0.5) is 0 Å². The molecule has 0 unspecified atom stereocenters. The summed E-state index contributed by atoms with van der Waals surface area (Å²) in [5.74, 6) is 0.914. The first-order valence-corrected chi connectivity index (χ1v) is 6.76. The van der Waals surface area contributed by atoms with Gasteiger partial charge in [0.05, 0.1) is 6.61 Å². The molecule has 1 amide bonds. The van der Waals surface area contributed by atoms with Crippen molar-refractivity contribution in [1.82, 2.24) is 5.32 Å². The molecule has 0 aromatic heterocycles. The number of nitrogens with one attached hydrogen (secondary N) is 1. The van der Waals surface area contributed by atoms with Crippen molar-refractivity contribution >= 4 is 12.0 Å². The van der Waals surface area contributed by atoms with Gasteiger partial charge in [-0.3, -0.25) is 4.79 Å². The number of rotatable bonds is 4. The number of fused-ring (bicyclic) bond motifs is 1. The Balaban J connectivity index is 2.01. The molecule has 1 aromatic rings. The van der Waals surface area contributed by atoms with E-state index in [0.717, 1.165) is 30.8 Å². The summed E-state index contributed by atoms with van der Waals surface area (Å²) in [6, 6.07) is 6.02. The zero-order valence-electron chi connectivity index (χ0n) is 11.8. The second-order valence-corrected chi connectivity index (χ2v) is 5.53. The molecule has 1 heterocycles. The van der Waals surface area contributed by atoms with E-state index in [1.807, 2.05) is 32.1 Å². The van der Waals surface area contributed by atoms with Crippen molar-refractivity contribution in [2.75, 3.05) is 6.61 Å². The summed E-state index contributed by atoms with van der Waals surface area (Å²) in [6.45, 7) is 6.86. The van der Waals surface area contributed by atoms with Crippen molar-refractivity contribution in [3.05, 3.63) is 35.4 Å². The van der Waals surface area contributed by atoms with Crippen LogP contribution in [0.25, 0.3) is 6.08 Å². The highest BCUT2D eigenvalue weighted by Crippen LogP contribution is 2.26. The molecule has 0 spiro atoms. The van der Waals surface area contributed by atoms with Crippen LogP contribution in [-0.4, -0.2) is 18.1 Å². The molecule has 19 heavy (non-hydrogen) atoms. The normalized spacial score (nSPS) is 14.3. The van der Waals surface area contributed by atoms with Crippen LogP contribution in [0.3, 0.4) is 0 Å². The lowest BCUT2D eigenvalue weighted by Crippen LogP contribution is -2.41. The van der Waals surface area contributed by atoms with Gasteiger partial charge in [-0.2, -0.15) is 0 Å². The van der Waals surface area contributed by atoms with Crippen molar-refractivity contribution in [1.29, 1.82) is 0 Å². The van der Waals surface area contributed by atoms with Gasteiger partial charge >= 0.3 is 0 Å². The summed E-state index contributed by atoms with van der Waals surface area (Å²) in [4.78, 5) is 11.8. The van der Waals surface area contributed by atoms with Crippen molar-refractivity contribution in [3.63, 3.8) is 0 Å². The zero-order chi connectivity index (χ0) is 13.9. The molecular weight excluding hydrogens is 238 g/mol. The average molecular weight is 259 g/mol. The molecule has 1 N–H and O–H groups in total. The molecule has 3 nitrogen and oxygen atoms in total. The first-order chi connectivity index (χ1) is 9.00. The van der Waals surface area contributed by atoms with Gasteiger partial charge in [0.25, 0.3) is 0 Å². The van der Waals surface area contributed by atoms with E-state index in [-0.39, 0.29) is 11.4 Å². The van der Waals surface area contributed by atoms with Crippen molar-refractivity contribution < 1.29 is 9.53 Å². The van der Waals surface area contributed by atoms with Crippen LogP contribution in [0.1, 0.15) is 38.3 Å². The summed E-state index contributed by atoms with van der Waals surface area (Å²) in [6.07, 6.45) is 5.30. The second-order valence-electron chi connectivity index (χ2n) is 5.53. The van der Waals surface area contributed by atoms with Gasteiger partial charge in [-0.05, 0) is 49.6 Å². The molecule has 1 aromatic carbocycles. The molecule has 0 saturated carbocycles. The van der Waals surface area contributed by atoms with Gasteiger partial charge in [-0.25, -0.2) is 0 Å². The Morgan fingerprint density at radius 1 is 1.47 bits per heavy atom. The Labute approximate surface area is 114 Å². The lowest BCUT2D eigenvalue weighted by atomic mass is 10.0. The summed E-state index contributed by atoms with van der Waals surface area (Å²) < 4.78 is 5.46. The van der Waals surface area contributed by atoms with Crippen molar-refractivity contribution in [3.8, 4) is 5.75 Å². The third-order valence-electron chi connectivity index (χ3n) is 3.49. The maximum atomic E-state index is 11.8. The molecule has 3 heteroatoms. The summed E-state index contributed by atoms with van der Waals surface area (Å²) in [7, 11) is 0. The minimum atomic E-state index is -0.160. The lowest BCUT2D eigenvalue weighted by molar-refractivity contribution is -0.117. The van der Waals surface area contributed by atoms with Gasteiger partial charge in [0.15, 0.2) is 0 Å². The molecule has 0 aliphatic carbocycles. The van der Waals surface area contributed by atoms with E-state index in [1.54, 1.807) is 6.08 Å². The third-order valence-corrected chi connectivity index (χ3v) is 3.49. The quantitative estimate of drug-likeness (QED) is 0.844. The fourth-order valence-electron chi connectivity index (χ4n) is 1.95. The van der Waals surface area contributed by atoms with Crippen LogP contribution in [0.15, 0.2) is 24.3 Å². The van der Waals surface area contributed by atoms with E-state index in [1.165, 1.54) is 5.56 Å². The van der Waals surface area contributed by atoms with Gasteiger partial charge in [-0.1, -0.05) is 13.0 Å². The van der Waals surface area contributed by atoms with Gasteiger partial charge in [-0.15, -0.1) is 0 Å². The molecule has 102 valence electrons. The number of hydrogen-bond donors (Lipinski definition) is 1. The van der Waals surface area contributed by atoms with Crippen molar-refractivity contribution in [2.45, 2.75) is 39.2 Å². The van der Waals surface area contributed by atoms with Gasteiger partial charge in [0.2, 0.25) is 5.91 Å². The minimum absolute atomic E-state index is 0.0522. The Morgan fingerprint density at radius 2 is 2.26 bits per heavy atom. The molecule has 1 aliphatic heterocycles. The Kier molecular flexibility index (Phi) is 3.93. The average Bonchev–Trinajstić information content (AvgIpc) is 2.83. The monoisotopic (exact) mass is 259 g/mol. The summed E-state index contributed by atoms with van der Waals surface area (Å²) >= 11 is 0. The first kappa shape index (κ1) is 13.7. The highest BCUT2D eigenvalue weighted by atomic mass is 16.5. The minimum Gasteiger partial charge on any atom is -0.493 e. The van der Waals surface area contributed by atoms with E-state index in [9.17, 15) is 4.79 Å². The maximum absolute atomic E-state index is 11.8. The number of carbonyl (C=O) groups excluding carboxylic acids is 1. The van der Waals surface area contributed by atoms with Crippen LogP contribution in [0.5, 0.6) is 5.75 Å². The summed E-state index contributed by atoms with van der Waals surface area (Å²) in [5.41, 5.74) is 2.10. The summed E-state index contributed by atoms with van der Waals surface area (Å²) in [5, 5.41) is 2.98. The number of benzene rings is 1. The smallest absolute Gasteiger partial charge is 0.244 e. The number of ether oxygens (including phenoxy) is 1. The highest BCUT2D eigenvalue weighted by Gasteiger charge is 2.16. The molecule has 0 saturated heterocycles. The Morgan fingerprint density at radius 3 is 3.00 bits per heavy atom. The largest absolute Gasteiger partial charge is 0.493 e. The molecular formula is C16H21NO2. The van der Waals surface area contributed by atoms with Crippen LogP contribution in [0, 0.1) is 0 Å². The Bertz CT molecular complexity index is 503. The molecule has 2 rings (SSSR count). The van der Waals surface area contributed by atoms with Crippen molar-refractivity contribution in [2.24, 2.45) is 0 Å². The van der Waals surface area contributed by atoms with Gasteiger partial charge < -0.3 is 10.1 Å². The van der Waals surface area contributed by atoms with E-state index in [0.29, 0.717) is 0 Å². The highest BCUT2D eigenvalue weighted by molar-refractivity contribution is 5.92. The number of hydrogen-bond acceptors (Lipinski definition) is 2. The molecule has 0 fully saturated rings. The standard InChI is InChI=1S/C16H21NO2/c1-4-16(2,3)17-15(18)8-6-12-5-7-14-13(11-12)9-10-19-14/h5-8,11H,4,9-10H2,1-3H3,(H,17,18)/b8-6+. The second kappa shape index (κ2) is 5.47. The van der Waals surface area contributed by atoms with Gasteiger partial charge in [0, 0.05) is 18.0 Å². The fourth-order valence-corrected chi connectivity index (χ4v) is 1.95. The van der Waals surface area contributed by atoms with Crippen LogP contribution < -0.4 is 10.1 Å². The number of carbonyl (C=O) groups is 1. The maximum Gasteiger partial charge on any atom is 0.244 e. The molecule has 0 bridgehead atoms. The predicted molar refractivity (Wildman–Crippen MR) is 77.2 cm³/mol. The topological polar surface area (TPSA) is 38.3 Å². The number of amides is 1. The lowest BCUT2D eigenvalue weighted by Gasteiger charge is -2.23. The van der Waals surface area contributed by atoms with Crippen LogP contribution in [0.2, 0.25) is 0 Å². The SMILES string of the molecule is CCC(C)(C)NC(=O)/C=C/c1ccc2c(c1)CCO2. The van der Waals surface area contributed by atoms with E-state index < -0.39 is 0 Å².